The summed E-state index contributed by atoms with van der Waals surface area (Å²) in [7, 11) is 1.32. The summed E-state index contributed by atoms with van der Waals surface area (Å²) in [4.78, 5) is 25.5. The van der Waals surface area contributed by atoms with Crippen molar-refractivity contribution < 1.29 is 14.3 Å². The number of nitrogens with two attached hydrogens (primary N) is 1. The van der Waals surface area contributed by atoms with Crippen molar-refractivity contribution >= 4 is 40.7 Å². The second kappa shape index (κ2) is 8.75. The number of ether oxygens (including phenoxy) is 1. The summed E-state index contributed by atoms with van der Waals surface area (Å²) in [5.41, 5.74) is 7.70. The number of nitrogens with one attached hydrogen (secondary N) is 1. The number of thiophene rings is 1. The van der Waals surface area contributed by atoms with E-state index in [0.717, 1.165) is 16.2 Å². The lowest BCUT2D eigenvalue weighted by atomic mass is 10.0. The summed E-state index contributed by atoms with van der Waals surface area (Å²) in [5, 5.41) is 4.72. The maximum atomic E-state index is 12.7. The lowest BCUT2D eigenvalue weighted by Crippen LogP contribution is -2.42. The predicted molar refractivity (Wildman–Crippen MR) is 100 cm³/mol. The molecule has 0 aliphatic carbocycles. The molecule has 0 radical (unpaired) electrons. The minimum atomic E-state index is -0.663. The third kappa shape index (κ3) is 4.52. The van der Waals surface area contributed by atoms with Gasteiger partial charge in [-0.05, 0) is 48.1 Å². The summed E-state index contributed by atoms with van der Waals surface area (Å²) < 4.78 is 4.79. The number of rotatable bonds is 7. The molecule has 1 heterocycles. The maximum absolute atomic E-state index is 12.7. The lowest BCUT2D eigenvalue weighted by molar-refractivity contribution is -0.142. The monoisotopic (exact) mass is 364 g/mol. The van der Waals surface area contributed by atoms with Gasteiger partial charge in [0.15, 0.2) is 0 Å². The van der Waals surface area contributed by atoms with Crippen LogP contribution in [-0.2, 0) is 9.53 Å². The van der Waals surface area contributed by atoms with E-state index in [4.69, 9.17) is 10.5 Å². The standard InChI is InChI=1S/C17H20N2O3S2/c1-22-17(21)14(7-9-23-2)19-16(20)12-6-5-11(18)10-13(12)15-4-3-8-24-15/h3-6,8,10,14H,7,9,18H2,1-2H3,(H,19,20)/t14-/m1/s1. The zero-order valence-corrected chi connectivity index (χ0v) is 15.2. The number of anilines is 1. The molecule has 0 bridgehead atoms. The van der Waals surface area contributed by atoms with Crippen molar-refractivity contribution in [3.63, 3.8) is 0 Å². The summed E-state index contributed by atoms with van der Waals surface area (Å²) in [6.07, 6.45) is 2.47. The van der Waals surface area contributed by atoms with Crippen LogP contribution in [0.25, 0.3) is 10.4 Å². The van der Waals surface area contributed by atoms with Gasteiger partial charge in [-0.1, -0.05) is 6.07 Å². The molecule has 7 heteroatoms. The molecule has 1 aromatic carbocycles. The van der Waals surface area contributed by atoms with Crippen molar-refractivity contribution in [1.29, 1.82) is 0 Å². The van der Waals surface area contributed by atoms with Gasteiger partial charge < -0.3 is 15.8 Å². The fourth-order valence-electron chi connectivity index (χ4n) is 2.26. The van der Waals surface area contributed by atoms with E-state index in [9.17, 15) is 9.59 Å². The highest BCUT2D eigenvalue weighted by atomic mass is 32.2. The van der Waals surface area contributed by atoms with E-state index in [2.05, 4.69) is 5.32 Å². The van der Waals surface area contributed by atoms with Crippen LogP contribution in [0.1, 0.15) is 16.8 Å². The second-order valence-corrected chi connectivity index (χ2v) is 7.05. The van der Waals surface area contributed by atoms with E-state index in [0.29, 0.717) is 17.7 Å². The highest BCUT2D eigenvalue weighted by Gasteiger charge is 2.23. The Morgan fingerprint density at radius 2 is 2.17 bits per heavy atom. The fraction of sp³-hybridized carbons (Fsp3) is 0.294. The maximum Gasteiger partial charge on any atom is 0.328 e. The quantitative estimate of drug-likeness (QED) is 0.583. The van der Waals surface area contributed by atoms with Gasteiger partial charge in [0.2, 0.25) is 0 Å². The van der Waals surface area contributed by atoms with Crippen molar-refractivity contribution in [3.8, 4) is 10.4 Å². The largest absolute Gasteiger partial charge is 0.467 e. The predicted octanol–water partition coefficient (Wildman–Crippen LogP) is 3.02. The molecule has 0 unspecified atom stereocenters. The van der Waals surface area contributed by atoms with Crippen LogP contribution in [0.4, 0.5) is 5.69 Å². The van der Waals surface area contributed by atoms with E-state index >= 15 is 0 Å². The van der Waals surface area contributed by atoms with Crippen molar-refractivity contribution in [2.45, 2.75) is 12.5 Å². The zero-order chi connectivity index (χ0) is 17.5. The molecule has 0 saturated carbocycles. The van der Waals surface area contributed by atoms with Gasteiger partial charge in [0.25, 0.3) is 5.91 Å². The van der Waals surface area contributed by atoms with Crippen molar-refractivity contribution in [2.75, 3.05) is 24.9 Å². The molecule has 0 aliphatic rings. The summed E-state index contributed by atoms with van der Waals surface area (Å²) >= 11 is 3.14. The van der Waals surface area contributed by atoms with Crippen LogP contribution >= 0.6 is 23.1 Å². The number of benzene rings is 1. The van der Waals surface area contributed by atoms with Crippen LogP contribution < -0.4 is 11.1 Å². The van der Waals surface area contributed by atoms with E-state index in [1.54, 1.807) is 30.0 Å². The molecule has 1 aromatic heterocycles. The van der Waals surface area contributed by atoms with Crippen LogP contribution in [0.15, 0.2) is 35.7 Å². The van der Waals surface area contributed by atoms with Crippen molar-refractivity contribution in [1.82, 2.24) is 5.32 Å². The van der Waals surface area contributed by atoms with Crippen LogP contribution in [0.3, 0.4) is 0 Å². The number of nitrogen functional groups attached to an aromatic ring is 1. The molecule has 3 N–H and O–H groups in total. The molecule has 0 saturated heterocycles. The number of carbonyl (C=O) groups excluding carboxylic acids is 2. The molecule has 128 valence electrons. The highest BCUT2D eigenvalue weighted by molar-refractivity contribution is 7.98. The third-order valence-electron chi connectivity index (χ3n) is 3.48. The number of esters is 1. The number of hydrogen-bond donors (Lipinski definition) is 2. The van der Waals surface area contributed by atoms with Gasteiger partial charge >= 0.3 is 5.97 Å². The Labute approximate surface area is 149 Å². The number of methoxy groups -OCH3 is 1. The average Bonchev–Trinajstić information content (AvgIpc) is 3.12. The van der Waals surface area contributed by atoms with Crippen molar-refractivity contribution in [2.24, 2.45) is 0 Å². The van der Waals surface area contributed by atoms with Gasteiger partial charge in [0, 0.05) is 21.7 Å². The first-order chi connectivity index (χ1) is 11.6. The first-order valence-corrected chi connectivity index (χ1v) is 9.65. The molecular formula is C17H20N2O3S2. The van der Waals surface area contributed by atoms with Crippen LogP contribution in [-0.4, -0.2) is 37.0 Å². The Hall–Kier alpha value is -1.99. The van der Waals surface area contributed by atoms with Gasteiger partial charge in [-0.2, -0.15) is 11.8 Å². The van der Waals surface area contributed by atoms with Gasteiger partial charge in [-0.25, -0.2) is 4.79 Å². The molecule has 1 atom stereocenters. The normalized spacial score (nSPS) is 11.8. The average molecular weight is 364 g/mol. The molecule has 1 amide bonds. The first kappa shape index (κ1) is 18.4. The topological polar surface area (TPSA) is 81.4 Å². The van der Waals surface area contributed by atoms with Crippen LogP contribution in [0, 0.1) is 0 Å². The third-order valence-corrected chi connectivity index (χ3v) is 5.02. The smallest absolute Gasteiger partial charge is 0.328 e. The lowest BCUT2D eigenvalue weighted by Gasteiger charge is -2.17. The van der Waals surface area contributed by atoms with E-state index in [1.165, 1.54) is 18.4 Å². The van der Waals surface area contributed by atoms with Gasteiger partial charge in [0.05, 0.1) is 7.11 Å². The second-order valence-electron chi connectivity index (χ2n) is 5.11. The molecule has 2 rings (SSSR count). The Morgan fingerprint density at radius 3 is 2.79 bits per heavy atom. The summed E-state index contributed by atoms with van der Waals surface area (Å²) in [5.74, 6) is -0.0000398. The Morgan fingerprint density at radius 1 is 1.38 bits per heavy atom. The molecule has 0 spiro atoms. The SMILES string of the molecule is COC(=O)[C@@H](CCSC)NC(=O)c1ccc(N)cc1-c1cccs1. The molecule has 0 aliphatic heterocycles. The van der Waals surface area contributed by atoms with Gasteiger partial charge in [-0.15, -0.1) is 11.3 Å². The zero-order valence-electron chi connectivity index (χ0n) is 13.6. The Kier molecular flexibility index (Phi) is 6.69. The number of thioether (sulfide) groups is 1. The highest BCUT2D eigenvalue weighted by Crippen LogP contribution is 2.30. The molecule has 5 nitrogen and oxygen atoms in total. The first-order valence-electron chi connectivity index (χ1n) is 7.38. The fourth-order valence-corrected chi connectivity index (χ4v) is 3.49. The Balaban J connectivity index is 2.27. The van der Waals surface area contributed by atoms with Gasteiger partial charge in [-0.3, -0.25) is 4.79 Å². The van der Waals surface area contributed by atoms with E-state index < -0.39 is 12.0 Å². The van der Waals surface area contributed by atoms with Crippen LogP contribution in [0.5, 0.6) is 0 Å². The summed E-state index contributed by atoms with van der Waals surface area (Å²) in [6.45, 7) is 0. The minimum Gasteiger partial charge on any atom is -0.467 e. The number of carbonyl (C=O) groups is 2. The number of amides is 1. The molecular weight excluding hydrogens is 344 g/mol. The van der Waals surface area contributed by atoms with Gasteiger partial charge in [0.1, 0.15) is 6.04 Å². The number of hydrogen-bond acceptors (Lipinski definition) is 6. The van der Waals surface area contributed by atoms with E-state index in [1.807, 2.05) is 23.8 Å². The minimum absolute atomic E-state index is 0.310. The summed E-state index contributed by atoms with van der Waals surface area (Å²) in [6, 6.07) is 8.32. The van der Waals surface area contributed by atoms with Crippen molar-refractivity contribution in [3.05, 3.63) is 41.3 Å². The van der Waals surface area contributed by atoms with Crippen LogP contribution in [0.2, 0.25) is 0 Å². The Bertz CT molecular complexity index is 702. The molecule has 0 fully saturated rings. The molecule has 2 aromatic rings. The van der Waals surface area contributed by atoms with E-state index in [-0.39, 0.29) is 5.91 Å². The molecule has 24 heavy (non-hydrogen) atoms.